The Labute approximate surface area is 270 Å². The molecule has 6 rings (SSSR count). The molecule has 0 aromatic heterocycles. The van der Waals surface area contributed by atoms with Crippen LogP contribution < -0.4 is 4.90 Å². The fraction of sp³-hybridized carbons (Fsp3) is 0.381. The summed E-state index contributed by atoms with van der Waals surface area (Å²) in [7, 11) is 2.20. The number of allylic oxidation sites excluding steroid dienone is 4. The normalized spacial score (nSPS) is 18.0. The highest BCUT2D eigenvalue weighted by Crippen LogP contribution is 2.51. The number of hydrogen-bond donors (Lipinski definition) is 0. The summed E-state index contributed by atoms with van der Waals surface area (Å²) >= 11 is 0. The molecule has 3 heteroatoms. The van der Waals surface area contributed by atoms with E-state index in [1.165, 1.54) is 55.5 Å². The maximum Gasteiger partial charge on any atom is 0.210 e. The maximum absolute atomic E-state index is 12.5. The highest BCUT2D eigenvalue weighted by molar-refractivity contribution is 6.07. The molecule has 0 fully saturated rings. The van der Waals surface area contributed by atoms with Gasteiger partial charge in [0.25, 0.3) is 0 Å². The third kappa shape index (κ3) is 5.35. The number of carbonyl (C=O) groups is 1. The van der Waals surface area contributed by atoms with Crippen LogP contribution >= 0.6 is 0 Å². The number of anilines is 1. The summed E-state index contributed by atoms with van der Waals surface area (Å²) in [6.07, 6.45) is 10.7. The Morgan fingerprint density at radius 1 is 0.778 bits per heavy atom. The SMILES string of the molecule is C[N+]1=C(/C=C/C=C2/N(CCCCCC(=O)C(C)(C)C)c3ccc4ccccc4c3C2(C)C)C(C)(C)c2c1ccc1ccccc21. The van der Waals surface area contributed by atoms with Crippen LogP contribution in [0.5, 0.6) is 0 Å². The molecule has 4 aromatic rings. The lowest BCUT2D eigenvalue weighted by Crippen LogP contribution is -2.28. The summed E-state index contributed by atoms with van der Waals surface area (Å²) in [5, 5.41) is 5.25. The van der Waals surface area contributed by atoms with E-state index in [2.05, 4.69) is 135 Å². The van der Waals surface area contributed by atoms with E-state index in [9.17, 15) is 4.79 Å². The van der Waals surface area contributed by atoms with Crippen molar-refractivity contribution < 1.29 is 9.37 Å². The Morgan fingerprint density at radius 3 is 2.07 bits per heavy atom. The van der Waals surface area contributed by atoms with E-state index in [1.54, 1.807) is 0 Å². The van der Waals surface area contributed by atoms with E-state index in [0.29, 0.717) is 12.2 Å². The van der Waals surface area contributed by atoms with E-state index in [4.69, 9.17) is 0 Å². The zero-order valence-corrected chi connectivity index (χ0v) is 28.5. The first-order valence-corrected chi connectivity index (χ1v) is 16.7. The Kier molecular flexibility index (Phi) is 7.88. The first-order valence-electron chi connectivity index (χ1n) is 16.7. The molecule has 4 aromatic carbocycles. The number of benzene rings is 4. The van der Waals surface area contributed by atoms with Crippen molar-refractivity contribution in [3.05, 3.63) is 108 Å². The highest BCUT2D eigenvalue weighted by atomic mass is 16.1. The van der Waals surface area contributed by atoms with E-state index >= 15 is 0 Å². The molecule has 2 aliphatic heterocycles. The number of rotatable bonds is 8. The zero-order valence-electron chi connectivity index (χ0n) is 28.5. The molecule has 0 unspecified atom stereocenters. The predicted molar refractivity (Wildman–Crippen MR) is 192 cm³/mol. The zero-order chi connectivity index (χ0) is 32.1. The van der Waals surface area contributed by atoms with E-state index in [0.717, 1.165) is 25.8 Å². The van der Waals surface area contributed by atoms with Crippen molar-refractivity contribution in [3.63, 3.8) is 0 Å². The molecule has 0 bridgehead atoms. The van der Waals surface area contributed by atoms with Crippen LogP contribution in [-0.2, 0) is 15.6 Å². The smallest absolute Gasteiger partial charge is 0.210 e. The Hall–Kier alpha value is -3.98. The van der Waals surface area contributed by atoms with Gasteiger partial charge in [-0.2, -0.15) is 4.58 Å². The third-order valence-electron chi connectivity index (χ3n) is 10.3. The summed E-state index contributed by atoms with van der Waals surface area (Å²) < 4.78 is 2.37. The fourth-order valence-electron chi connectivity index (χ4n) is 7.81. The van der Waals surface area contributed by atoms with Gasteiger partial charge in [0.05, 0.1) is 5.41 Å². The molecule has 0 amide bonds. The van der Waals surface area contributed by atoms with Gasteiger partial charge >= 0.3 is 0 Å². The van der Waals surface area contributed by atoms with E-state index < -0.39 is 0 Å². The van der Waals surface area contributed by atoms with Gasteiger partial charge in [-0.15, -0.1) is 0 Å². The highest BCUT2D eigenvalue weighted by Gasteiger charge is 2.44. The minimum Gasteiger partial charge on any atom is -0.344 e. The lowest BCUT2D eigenvalue weighted by atomic mass is 9.79. The number of unbranched alkanes of at least 4 members (excludes halogenated alkanes) is 2. The van der Waals surface area contributed by atoms with Gasteiger partial charge in [-0.3, -0.25) is 4.79 Å². The van der Waals surface area contributed by atoms with Crippen molar-refractivity contribution in [2.24, 2.45) is 5.41 Å². The monoisotopic (exact) mass is 597 g/mol. The van der Waals surface area contributed by atoms with Crippen LogP contribution in [0.4, 0.5) is 11.4 Å². The molecule has 45 heavy (non-hydrogen) atoms. The second kappa shape index (κ2) is 11.4. The Morgan fingerprint density at radius 2 is 1.40 bits per heavy atom. The second-order valence-electron chi connectivity index (χ2n) is 15.1. The molecule has 2 aliphatic rings. The second-order valence-corrected chi connectivity index (χ2v) is 15.1. The summed E-state index contributed by atoms with van der Waals surface area (Å²) in [5.41, 5.74) is 7.53. The van der Waals surface area contributed by atoms with Gasteiger partial charge < -0.3 is 4.90 Å². The van der Waals surface area contributed by atoms with Crippen LogP contribution in [0.1, 0.15) is 85.3 Å². The molecule has 0 radical (unpaired) electrons. The van der Waals surface area contributed by atoms with Gasteiger partial charge in [0.1, 0.15) is 12.8 Å². The molecule has 0 atom stereocenters. The molecular weight excluding hydrogens is 548 g/mol. The largest absolute Gasteiger partial charge is 0.344 e. The van der Waals surface area contributed by atoms with Crippen molar-refractivity contribution in [2.45, 2.75) is 85.0 Å². The molecule has 0 aliphatic carbocycles. The molecular formula is C42H49N2O+. The first-order chi connectivity index (χ1) is 21.3. The summed E-state index contributed by atoms with van der Waals surface area (Å²) in [6.45, 7) is 16.5. The summed E-state index contributed by atoms with van der Waals surface area (Å²) in [4.78, 5) is 15.1. The number of fused-ring (bicyclic) bond motifs is 6. The van der Waals surface area contributed by atoms with Gasteiger partial charge in [0.15, 0.2) is 5.71 Å². The van der Waals surface area contributed by atoms with Crippen molar-refractivity contribution in [3.8, 4) is 0 Å². The maximum atomic E-state index is 12.5. The number of ketones is 1. The summed E-state index contributed by atoms with van der Waals surface area (Å²) in [6, 6.07) is 26.6. The minimum absolute atomic E-state index is 0.117. The molecule has 0 saturated carbocycles. The van der Waals surface area contributed by atoms with E-state index in [-0.39, 0.29) is 16.2 Å². The van der Waals surface area contributed by atoms with Gasteiger partial charge in [-0.05, 0) is 72.0 Å². The average molecular weight is 598 g/mol. The lowest BCUT2D eigenvalue weighted by molar-refractivity contribution is -0.401. The topological polar surface area (TPSA) is 23.3 Å². The minimum atomic E-state index is -0.254. The number of nitrogens with zero attached hydrogens (tertiary/aromatic N) is 2. The van der Waals surface area contributed by atoms with Crippen LogP contribution in [0.25, 0.3) is 21.5 Å². The van der Waals surface area contributed by atoms with Gasteiger partial charge in [0.2, 0.25) is 5.69 Å². The Balaban J connectivity index is 1.33. The van der Waals surface area contributed by atoms with Crippen LogP contribution in [0.15, 0.2) is 96.7 Å². The van der Waals surface area contributed by atoms with Gasteiger partial charge in [-0.1, -0.05) is 102 Å². The first kappa shape index (κ1) is 31.0. The quantitative estimate of drug-likeness (QED) is 0.149. The number of Topliss-reactive ketones (excluding diaryl/α,β-unsaturated/α-hetero) is 1. The van der Waals surface area contributed by atoms with Crippen molar-refractivity contribution in [1.82, 2.24) is 0 Å². The standard InChI is InChI=1S/C42H49N2O/c1-40(2,3)37(45)23-10-9-15-28-44-34-27-25-30-18-12-14-20-32(30)39(34)42(6,7)36(44)22-16-21-35-41(4,5)38-31-19-13-11-17-29(31)24-26-33(38)43(35)8/h11-14,16-22,24-27H,9-10,15,23,28H2,1-8H3/q+1. The van der Waals surface area contributed by atoms with Crippen molar-refractivity contribution in [2.75, 3.05) is 18.5 Å². The molecule has 0 N–H and O–H groups in total. The van der Waals surface area contributed by atoms with E-state index in [1.807, 2.05) is 20.8 Å². The van der Waals surface area contributed by atoms with Crippen LogP contribution in [0.3, 0.4) is 0 Å². The molecule has 0 spiro atoms. The van der Waals surface area contributed by atoms with Crippen LogP contribution in [0.2, 0.25) is 0 Å². The van der Waals surface area contributed by atoms with Crippen molar-refractivity contribution >= 4 is 44.4 Å². The summed E-state index contributed by atoms with van der Waals surface area (Å²) in [5.74, 6) is 0.361. The van der Waals surface area contributed by atoms with Crippen LogP contribution in [-0.4, -0.2) is 29.7 Å². The van der Waals surface area contributed by atoms with Crippen LogP contribution in [0, 0.1) is 5.41 Å². The number of hydrogen-bond acceptors (Lipinski definition) is 2. The fourth-order valence-corrected chi connectivity index (χ4v) is 7.81. The molecule has 232 valence electrons. The molecule has 0 saturated heterocycles. The predicted octanol–water partition coefficient (Wildman–Crippen LogP) is 10.4. The van der Waals surface area contributed by atoms with Gasteiger partial charge in [-0.25, -0.2) is 0 Å². The van der Waals surface area contributed by atoms with Crippen molar-refractivity contribution in [1.29, 1.82) is 0 Å². The number of carbonyl (C=O) groups excluding carboxylic acids is 1. The molecule has 2 heterocycles. The average Bonchev–Trinajstić information content (AvgIpc) is 3.34. The van der Waals surface area contributed by atoms with Gasteiger partial charge in [0, 0.05) is 52.9 Å². The third-order valence-corrected chi connectivity index (χ3v) is 10.3. The molecule has 3 nitrogen and oxygen atoms in total. The Bertz CT molecular complexity index is 1890. The lowest BCUT2D eigenvalue weighted by Gasteiger charge is -2.27.